The van der Waals surface area contributed by atoms with Crippen LogP contribution in [-0.2, 0) is 0 Å². The number of piperidine rings is 1. The molecule has 1 fully saturated rings. The molecule has 1 N–H and O–H groups in total. The molecule has 0 unspecified atom stereocenters. The summed E-state index contributed by atoms with van der Waals surface area (Å²) in [6, 6.07) is 10.5. The van der Waals surface area contributed by atoms with Crippen LogP contribution in [0, 0.1) is 11.3 Å². The van der Waals surface area contributed by atoms with Crippen molar-refractivity contribution in [2.75, 3.05) is 6.54 Å². The van der Waals surface area contributed by atoms with Crippen LogP contribution in [0.1, 0.15) is 36.4 Å². The van der Waals surface area contributed by atoms with Crippen molar-refractivity contribution < 1.29 is 0 Å². The standard InChI is InChI=1S/C12H14N2/c13-9-10-4-6-11(7-5-10)12-3-1-2-8-14-12/h4-7,12,14H,1-3,8H2/t12-/m0/s1. The summed E-state index contributed by atoms with van der Waals surface area (Å²) in [5.41, 5.74) is 2.05. The first-order valence-corrected chi connectivity index (χ1v) is 5.13. The lowest BCUT2D eigenvalue weighted by Gasteiger charge is -2.23. The molecule has 1 aliphatic heterocycles. The molecule has 2 nitrogen and oxygen atoms in total. The monoisotopic (exact) mass is 186 g/mol. The Morgan fingerprint density at radius 2 is 2.00 bits per heavy atom. The molecule has 0 amide bonds. The molecule has 1 heterocycles. The van der Waals surface area contributed by atoms with E-state index in [1.54, 1.807) is 0 Å². The van der Waals surface area contributed by atoms with Crippen LogP contribution >= 0.6 is 0 Å². The van der Waals surface area contributed by atoms with E-state index >= 15 is 0 Å². The first-order valence-electron chi connectivity index (χ1n) is 5.13. The minimum Gasteiger partial charge on any atom is -0.310 e. The van der Waals surface area contributed by atoms with Crippen molar-refractivity contribution in [2.24, 2.45) is 0 Å². The van der Waals surface area contributed by atoms with Crippen molar-refractivity contribution in [3.8, 4) is 6.07 Å². The van der Waals surface area contributed by atoms with Gasteiger partial charge in [0.25, 0.3) is 0 Å². The number of nitriles is 1. The van der Waals surface area contributed by atoms with E-state index in [-0.39, 0.29) is 0 Å². The number of hydrogen-bond acceptors (Lipinski definition) is 2. The minimum absolute atomic E-state index is 0.497. The predicted octanol–water partition coefficient (Wildman–Crippen LogP) is 2.37. The molecule has 0 bridgehead atoms. The highest BCUT2D eigenvalue weighted by atomic mass is 14.9. The van der Waals surface area contributed by atoms with Crippen molar-refractivity contribution in [1.82, 2.24) is 5.32 Å². The lowest BCUT2D eigenvalue weighted by Crippen LogP contribution is -2.26. The maximum absolute atomic E-state index is 8.67. The average Bonchev–Trinajstić information content (AvgIpc) is 2.30. The second-order valence-corrected chi connectivity index (χ2v) is 3.74. The van der Waals surface area contributed by atoms with Gasteiger partial charge in [0.15, 0.2) is 0 Å². The molecule has 0 aromatic heterocycles. The Morgan fingerprint density at radius 3 is 2.57 bits per heavy atom. The molecule has 1 saturated heterocycles. The van der Waals surface area contributed by atoms with Crippen molar-refractivity contribution in [2.45, 2.75) is 25.3 Å². The maximum Gasteiger partial charge on any atom is 0.0991 e. The maximum atomic E-state index is 8.67. The van der Waals surface area contributed by atoms with Gasteiger partial charge in [-0.25, -0.2) is 0 Å². The van der Waals surface area contributed by atoms with E-state index in [4.69, 9.17) is 5.26 Å². The topological polar surface area (TPSA) is 35.8 Å². The first kappa shape index (κ1) is 9.23. The fourth-order valence-electron chi connectivity index (χ4n) is 1.93. The third-order valence-corrected chi connectivity index (χ3v) is 2.75. The summed E-state index contributed by atoms with van der Waals surface area (Å²) >= 11 is 0. The fraction of sp³-hybridized carbons (Fsp3) is 0.417. The van der Waals surface area contributed by atoms with Crippen molar-refractivity contribution in [1.29, 1.82) is 5.26 Å². The molecular weight excluding hydrogens is 172 g/mol. The van der Waals surface area contributed by atoms with Gasteiger partial charge in [0.1, 0.15) is 0 Å². The molecular formula is C12H14N2. The second-order valence-electron chi connectivity index (χ2n) is 3.74. The summed E-state index contributed by atoms with van der Waals surface area (Å²) in [6.45, 7) is 1.12. The normalized spacial score (nSPS) is 21.5. The van der Waals surface area contributed by atoms with E-state index in [0.717, 1.165) is 12.1 Å². The van der Waals surface area contributed by atoms with E-state index in [1.165, 1.54) is 24.8 Å². The number of hydrogen-bond donors (Lipinski definition) is 1. The summed E-state index contributed by atoms with van der Waals surface area (Å²) < 4.78 is 0. The minimum atomic E-state index is 0.497. The van der Waals surface area contributed by atoms with Gasteiger partial charge in [0.2, 0.25) is 0 Å². The lowest BCUT2D eigenvalue weighted by molar-refractivity contribution is 0.412. The summed E-state index contributed by atoms with van der Waals surface area (Å²) in [7, 11) is 0. The molecule has 2 heteroatoms. The number of nitrogens with zero attached hydrogens (tertiary/aromatic N) is 1. The van der Waals surface area contributed by atoms with Gasteiger partial charge in [-0.05, 0) is 37.1 Å². The van der Waals surface area contributed by atoms with Crippen LogP contribution in [0.3, 0.4) is 0 Å². The fourth-order valence-corrected chi connectivity index (χ4v) is 1.93. The van der Waals surface area contributed by atoms with Crippen molar-refractivity contribution in [3.63, 3.8) is 0 Å². The van der Waals surface area contributed by atoms with E-state index in [0.29, 0.717) is 6.04 Å². The van der Waals surface area contributed by atoms with Gasteiger partial charge in [-0.3, -0.25) is 0 Å². The van der Waals surface area contributed by atoms with Gasteiger partial charge >= 0.3 is 0 Å². The van der Waals surface area contributed by atoms with Crippen molar-refractivity contribution >= 4 is 0 Å². The van der Waals surface area contributed by atoms with E-state index in [1.807, 2.05) is 12.1 Å². The van der Waals surface area contributed by atoms with E-state index in [2.05, 4.69) is 23.5 Å². The lowest BCUT2D eigenvalue weighted by atomic mass is 9.97. The van der Waals surface area contributed by atoms with Gasteiger partial charge in [0.05, 0.1) is 11.6 Å². The van der Waals surface area contributed by atoms with E-state index < -0.39 is 0 Å². The molecule has 0 spiro atoms. The van der Waals surface area contributed by atoms with Gasteiger partial charge in [-0.2, -0.15) is 5.26 Å². The highest BCUT2D eigenvalue weighted by Crippen LogP contribution is 2.22. The highest BCUT2D eigenvalue weighted by molar-refractivity contribution is 5.32. The molecule has 2 rings (SSSR count). The molecule has 0 saturated carbocycles. The molecule has 1 aromatic rings. The zero-order chi connectivity index (χ0) is 9.80. The Hall–Kier alpha value is -1.33. The zero-order valence-electron chi connectivity index (χ0n) is 8.16. The largest absolute Gasteiger partial charge is 0.310 e. The van der Waals surface area contributed by atoms with Gasteiger partial charge in [0, 0.05) is 6.04 Å². The Morgan fingerprint density at radius 1 is 1.21 bits per heavy atom. The van der Waals surface area contributed by atoms with Crippen molar-refractivity contribution in [3.05, 3.63) is 35.4 Å². The van der Waals surface area contributed by atoms with Crippen LogP contribution in [0.4, 0.5) is 0 Å². The molecule has 72 valence electrons. The summed E-state index contributed by atoms with van der Waals surface area (Å²) in [6.07, 6.45) is 3.80. The summed E-state index contributed by atoms with van der Waals surface area (Å²) in [5, 5.41) is 12.2. The Balaban J connectivity index is 2.12. The van der Waals surface area contributed by atoms with Gasteiger partial charge in [-0.1, -0.05) is 18.6 Å². The number of rotatable bonds is 1. The Kier molecular flexibility index (Phi) is 2.81. The third kappa shape index (κ3) is 1.94. The van der Waals surface area contributed by atoms with Crippen LogP contribution in [-0.4, -0.2) is 6.54 Å². The molecule has 1 aliphatic rings. The van der Waals surface area contributed by atoms with Crippen LogP contribution in [0.25, 0.3) is 0 Å². The van der Waals surface area contributed by atoms with Gasteiger partial charge < -0.3 is 5.32 Å². The number of benzene rings is 1. The molecule has 14 heavy (non-hydrogen) atoms. The highest BCUT2D eigenvalue weighted by Gasteiger charge is 2.13. The molecule has 0 radical (unpaired) electrons. The quantitative estimate of drug-likeness (QED) is 0.731. The molecule has 0 aliphatic carbocycles. The second kappa shape index (κ2) is 4.26. The summed E-state index contributed by atoms with van der Waals surface area (Å²) in [4.78, 5) is 0. The van der Waals surface area contributed by atoms with Crippen LogP contribution < -0.4 is 5.32 Å². The summed E-state index contributed by atoms with van der Waals surface area (Å²) in [5.74, 6) is 0. The van der Waals surface area contributed by atoms with Crippen LogP contribution in [0.5, 0.6) is 0 Å². The molecule has 1 atom stereocenters. The van der Waals surface area contributed by atoms with E-state index in [9.17, 15) is 0 Å². The van der Waals surface area contributed by atoms with Gasteiger partial charge in [-0.15, -0.1) is 0 Å². The third-order valence-electron chi connectivity index (χ3n) is 2.75. The van der Waals surface area contributed by atoms with Crippen LogP contribution in [0.2, 0.25) is 0 Å². The Bertz CT molecular complexity index is 328. The Labute approximate surface area is 84.6 Å². The van der Waals surface area contributed by atoms with Crippen LogP contribution in [0.15, 0.2) is 24.3 Å². The average molecular weight is 186 g/mol. The first-order chi connectivity index (χ1) is 6.90. The zero-order valence-corrected chi connectivity index (χ0v) is 8.16. The predicted molar refractivity (Wildman–Crippen MR) is 55.8 cm³/mol. The molecule has 1 aromatic carbocycles. The smallest absolute Gasteiger partial charge is 0.0991 e. The SMILES string of the molecule is N#Cc1ccc([C@@H]2CCCCN2)cc1. The number of nitrogens with one attached hydrogen (secondary N) is 1.